The highest BCUT2D eigenvalue weighted by Gasteiger charge is 2.07. The minimum Gasteiger partial charge on any atom is -0.390 e. The van der Waals surface area contributed by atoms with Crippen molar-refractivity contribution < 1.29 is 0 Å². The van der Waals surface area contributed by atoms with Crippen molar-refractivity contribution in [2.24, 2.45) is 0 Å². The molecule has 2 aromatic heterocycles. The van der Waals surface area contributed by atoms with Crippen LogP contribution in [0.5, 0.6) is 0 Å². The number of nitrogens with two attached hydrogens (primary N) is 1. The molecule has 0 aliphatic heterocycles. The maximum Gasteiger partial charge on any atom is 0.0907 e. The van der Waals surface area contributed by atoms with Crippen molar-refractivity contribution in [3.05, 3.63) is 14.5 Å². The summed E-state index contributed by atoms with van der Waals surface area (Å²) in [4.78, 5) is 0. The fourth-order valence-corrected chi connectivity index (χ4v) is 4.27. The van der Waals surface area contributed by atoms with Gasteiger partial charge < -0.3 is 5.73 Å². The first-order chi connectivity index (χ1) is 5.18. The van der Waals surface area contributed by atoms with Crippen LogP contribution in [0.3, 0.4) is 0 Å². The summed E-state index contributed by atoms with van der Waals surface area (Å²) in [6.07, 6.45) is 0. The maximum atomic E-state index is 5.77. The Hall–Kier alpha value is 0.190. The normalized spacial score (nSPS) is 11.1. The number of anilines is 1. The fraction of sp³-hybridized carbons (Fsp3) is 0.143. The fourth-order valence-electron chi connectivity index (χ4n) is 0.990. The van der Waals surface area contributed by atoms with Gasteiger partial charge in [-0.05, 0) is 35.6 Å². The third-order valence-corrected chi connectivity index (χ3v) is 4.81. The second-order valence-electron chi connectivity index (χ2n) is 2.34. The molecular weight excluding hydrogens is 289 g/mol. The zero-order valence-corrected chi connectivity index (χ0v) is 9.64. The second-order valence-corrected chi connectivity index (χ2v) is 6.37. The summed E-state index contributed by atoms with van der Waals surface area (Å²) in [7, 11) is 0. The topological polar surface area (TPSA) is 26.0 Å². The minimum atomic E-state index is 0.961. The summed E-state index contributed by atoms with van der Waals surface area (Å²) in [5, 5.41) is 0.961. The number of hydrogen-bond acceptors (Lipinski definition) is 3. The van der Waals surface area contributed by atoms with Gasteiger partial charge in [-0.2, -0.15) is 0 Å². The number of fused-ring (bicyclic) bond motifs is 1. The van der Waals surface area contributed by atoms with E-state index in [1.54, 1.807) is 11.3 Å². The molecule has 0 saturated heterocycles. The van der Waals surface area contributed by atoms with Gasteiger partial charge in [0.1, 0.15) is 0 Å². The predicted molar refractivity (Wildman–Crippen MR) is 61.6 cm³/mol. The van der Waals surface area contributed by atoms with Crippen LogP contribution < -0.4 is 5.73 Å². The molecule has 58 valence electrons. The van der Waals surface area contributed by atoms with E-state index in [2.05, 4.69) is 35.6 Å². The molecule has 0 saturated carbocycles. The van der Waals surface area contributed by atoms with Crippen LogP contribution in [0.4, 0.5) is 5.00 Å². The van der Waals surface area contributed by atoms with E-state index in [1.807, 2.05) is 11.3 Å². The third-order valence-electron chi connectivity index (χ3n) is 1.60. The third kappa shape index (κ3) is 1.17. The van der Waals surface area contributed by atoms with Gasteiger partial charge in [0.25, 0.3) is 0 Å². The molecule has 2 heterocycles. The van der Waals surface area contributed by atoms with Crippen molar-refractivity contribution in [3.63, 3.8) is 0 Å². The molecule has 0 radical (unpaired) electrons. The molecule has 0 atom stereocenters. The van der Waals surface area contributed by atoms with E-state index in [0.29, 0.717) is 0 Å². The van der Waals surface area contributed by atoms with Gasteiger partial charge in [0.05, 0.1) is 12.6 Å². The summed E-state index contributed by atoms with van der Waals surface area (Å²) in [5.74, 6) is 0. The Kier molecular flexibility index (Phi) is 1.85. The molecule has 1 nitrogen and oxygen atoms in total. The van der Waals surface area contributed by atoms with Gasteiger partial charge in [-0.25, -0.2) is 0 Å². The van der Waals surface area contributed by atoms with Crippen LogP contribution in [0.1, 0.15) is 5.56 Å². The first-order valence-corrected chi connectivity index (χ1v) is 5.83. The number of thiophene rings is 2. The zero-order valence-electron chi connectivity index (χ0n) is 5.85. The van der Waals surface area contributed by atoms with Crippen molar-refractivity contribution in [2.45, 2.75) is 6.92 Å². The lowest BCUT2D eigenvalue weighted by Gasteiger charge is -1.85. The average Bonchev–Trinajstić information content (AvgIpc) is 2.37. The van der Waals surface area contributed by atoms with Gasteiger partial charge in [0.2, 0.25) is 0 Å². The molecule has 2 aromatic rings. The van der Waals surface area contributed by atoms with Gasteiger partial charge in [-0.3, -0.25) is 0 Å². The Balaban J connectivity index is 2.88. The van der Waals surface area contributed by atoms with Crippen LogP contribution in [-0.2, 0) is 0 Å². The lowest BCUT2D eigenvalue weighted by atomic mass is 10.3. The largest absolute Gasteiger partial charge is 0.390 e. The lowest BCUT2D eigenvalue weighted by molar-refractivity contribution is 1.61. The van der Waals surface area contributed by atoms with Crippen LogP contribution in [-0.4, -0.2) is 0 Å². The summed E-state index contributed by atoms with van der Waals surface area (Å²) in [5.41, 5.74) is 7.02. The molecule has 0 unspecified atom stereocenters. The highest BCUT2D eigenvalue weighted by Crippen LogP contribution is 2.38. The van der Waals surface area contributed by atoms with Crippen molar-refractivity contribution in [3.8, 4) is 0 Å². The molecular formula is C7H6INS2. The number of halogens is 1. The van der Waals surface area contributed by atoms with Crippen LogP contribution >= 0.6 is 45.3 Å². The molecule has 0 aromatic carbocycles. The quantitative estimate of drug-likeness (QED) is 0.740. The SMILES string of the molecule is Cc1c(N)sc2cc(I)sc12. The number of rotatable bonds is 0. The molecule has 0 aliphatic carbocycles. The Morgan fingerprint density at radius 1 is 1.45 bits per heavy atom. The second kappa shape index (κ2) is 2.60. The van der Waals surface area contributed by atoms with Crippen molar-refractivity contribution in [1.29, 1.82) is 0 Å². The summed E-state index contributed by atoms with van der Waals surface area (Å²) in [6.45, 7) is 2.08. The smallest absolute Gasteiger partial charge is 0.0907 e. The van der Waals surface area contributed by atoms with Crippen molar-refractivity contribution in [2.75, 3.05) is 5.73 Å². The molecule has 0 spiro atoms. The van der Waals surface area contributed by atoms with Gasteiger partial charge in [-0.1, -0.05) is 0 Å². The Labute approximate surface area is 86.4 Å². The summed E-state index contributed by atoms with van der Waals surface area (Å²) < 4.78 is 4.03. The zero-order chi connectivity index (χ0) is 8.01. The first-order valence-electron chi connectivity index (χ1n) is 3.12. The van der Waals surface area contributed by atoms with E-state index in [9.17, 15) is 0 Å². The molecule has 4 heteroatoms. The van der Waals surface area contributed by atoms with Crippen LogP contribution in [0.15, 0.2) is 6.07 Å². The highest BCUT2D eigenvalue weighted by molar-refractivity contribution is 14.1. The average molecular weight is 295 g/mol. The van der Waals surface area contributed by atoms with Gasteiger partial charge in [0.15, 0.2) is 0 Å². The lowest BCUT2D eigenvalue weighted by Crippen LogP contribution is -1.79. The molecule has 0 fully saturated rings. The highest BCUT2D eigenvalue weighted by atomic mass is 127. The molecule has 2 N–H and O–H groups in total. The monoisotopic (exact) mass is 295 g/mol. The molecule has 0 bridgehead atoms. The summed E-state index contributed by atoms with van der Waals surface area (Å²) >= 11 is 5.84. The molecule has 2 rings (SSSR count). The minimum absolute atomic E-state index is 0.961. The summed E-state index contributed by atoms with van der Waals surface area (Å²) in [6, 6.07) is 2.19. The number of aryl methyl sites for hydroxylation is 1. The van der Waals surface area contributed by atoms with Crippen LogP contribution in [0.2, 0.25) is 0 Å². The van der Waals surface area contributed by atoms with E-state index in [0.717, 1.165) is 5.00 Å². The van der Waals surface area contributed by atoms with Crippen LogP contribution in [0.25, 0.3) is 9.40 Å². The maximum absolute atomic E-state index is 5.77. The Morgan fingerprint density at radius 3 is 2.82 bits per heavy atom. The van der Waals surface area contributed by atoms with Crippen molar-refractivity contribution >= 4 is 59.7 Å². The first kappa shape index (κ1) is 7.82. The molecule has 0 aliphatic rings. The van der Waals surface area contributed by atoms with E-state index >= 15 is 0 Å². The molecule has 0 amide bonds. The van der Waals surface area contributed by atoms with E-state index < -0.39 is 0 Å². The van der Waals surface area contributed by atoms with Gasteiger partial charge in [0, 0.05) is 10.3 Å². The van der Waals surface area contributed by atoms with Crippen molar-refractivity contribution in [1.82, 2.24) is 0 Å². The predicted octanol–water partition coefficient (Wildman–Crippen LogP) is 3.46. The van der Waals surface area contributed by atoms with E-state index in [4.69, 9.17) is 5.73 Å². The Bertz CT molecular complexity index is 402. The Morgan fingerprint density at radius 2 is 2.18 bits per heavy atom. The standard InChI is InChI=1S/C7H6INS2/c1-3-6-4(10-7(3)9)2-5(8)11-6/h2H,9H2,1H3. The van der Waals surface area contributed by atoms with Gasteiger partial charge in [-0.15, -0.1) is 22.7 Å². The number of hydrogen-bond donors (Lipinski definition) is 1. The molecule has 11 heavy (non-hydrogen) atoms. The van der Waals surface area contributed by atoms with E-state index in [1.165, 1.54) is 17.8 Å². The van der Waals surface area contributed by atoms with Gasteiger partial charge >= 0.3 is 0 Å². The number of nitrogen functional groups attached to an aromatic ring is 1. The van der Waals surface area contributed by atoms with Crippen LogP contribution in [0, 0.1) is 9.81 Å². The van der Waals surface area contributed by atoms with E-state index in [-0.39, 0.29) is 0 Å².